The van der Waals surface area contributed by atoms with Crippen LogP contribution in [0.15, 0.2) is 24.3 Å². The summed E-state index contributed by atoms with van der Waals surface area (Å²) in [4.78, 5) is 23.5. The van der Waals surface area contributed by atoms with Crippen LogP contribution in [0.4, 0.5) is 0 Å². The van der Waals surface area contributed by atoms with Crippen molar-refractivity contribution < 1.29 is 19.1 Å². The maximum absolute atomic E-state index is 12.1. The molecule has 0 aromatic heterocycles. The summed E-state index contributed by atoms with van der Waals surface area (Å²) in [6.45, 7) is 13.3. The van der Waals surface area contributed by atoms with Crippen molar-refractivity contribution in [3.8, 4) is 0 Å². The van der Waals surface area contributed by atoms with Gasteiger partial charge in [-0.25, -0.2) is 9.80 Å². The van der Waals surface area contributed by atoms with Gasteiger partial charge in [0.15, 0.2) is 0 Å². The van der Waals surface area contributed by atoms with Gasteiger partial charge in [0.2, 0.25) is 0 Å². The first-order valence-electron chi connectivity index (χ1n) is 6.56. The van der Waals surface area contributed by atoms with Crippen LogP contribution in [0.1, 0.15) is 13.8 Å². The Balaban J connectivity index is 2.58. The molecule has 0 aliphatic carbocycles. The molecule has 0 bridgehead atoms. The van der Waals surface area contributed by atoms with Crippen LogP contribution >= 0.6 is 0 Å². The normalized spacial score (nSPS) is 15.5. The van der Waals surface area contributed by atoms with E-state index < -0.39 is 5.97 Å². The number of amides is 1. The molecule has 0 aromatic rings. The van der Waals surface area contributed by atoms with Gasteiger partial charge in [-0.15, -0.1) is 0 Å². The molecule has 0 spiro atoms. The van der Waals surface area contributed by atoms with E-state index in [1.165, 1.54) is 0 Å². The first kappa shape index (κ1) is 16.4. The predicted octanol–water partition coefficient (Wildman–Crippen LogP) is 0.758. The van der Waals surface area contributed by atoms with Crippen molar-refractivity contribution in [1.29, 1.82) is 0 Å². The minimum atomic E-state index is -0.449. The number of nitrogens with zero attached hydrogens (tertiary/aromatic N) is 2. The smallest absolute Gasteiger partial charge is 0.333 e. The number of ether oxygens (including phenoxy) is 2. The fraction of sp³-hybridized carbons (Fsp3) is 0.571. The monoisotopic (exact) mass is 282 g/mol. The number of hydrogen-bond acceptors (Lipinski definition) is 5. The van der Waals surface area contributed by atoms with E-state index in [0.29, 0.717) is 44.0 Å². The van der Waals surface area contributed by atoms with Crippen molar-refractivity contribution in [1.82, 2.24) is 10.0 Å². The summed E-state index contributed by atoms with van der Waals surface area (Å²) in [6, 6.07) is 0. The van der Waals surface area contributed by atoms with Gasteiger partial charge >= 0.3 is 5.97 Å². The lowest BCUT2D eigenvalue weighted by molar-refractivity contribution is -0.158. The Labute approximate surface area is 119 Å². The molecular weight excluding hydrogens is 260 g/mol. The highest BCUT2D eigenvalue weighted by molar-refractivity contribution is 5.91. The average Bonchev–Trinajstić information content (AvgIpc) is 2.43. The van der Waals surface area contributed by atoms with E-state index in [9.17, 15) is 9.59 Å². The summed E-state index contributed by atoms with van der Waals surface area (Å²) >= 11 is 0. The average molecular weight is 282 g/mol. The molecule has 0 radical (unpaired) electrons. The number of carbonyl (C=O) groups is 2. The van der Waals surface area contributed by atoms with Gasteiger partial charge in [-0.05, 0) is 13.8 Å². The molecule has 0 unspecified atom stereocenters. The van der Waals surface area contributed by atoms with E-state index in [2.05, 4.69) is 13.2 Å². The van der Waals surface area contributed by atoms with E-state index >= 15 is 0 Å². The van der Waals surface area contributed by atoms with Crippen molar-refractivity contribution in [2.75, 3.05) is 39.5 Å². The zero-order chi connectivity index (χ0) is 15.1. The van der Waals surface area contributed by atoms with Crippen LogP contribution in [-0.4, -0.2) is 61.3 Å². The number of hydrogen-bond donors (Lipinski definition) is 0. The van der Waals surface area contributed by atoms with Crippen molar-refractivity contribution in [2.24, 2.45) is 0 Å². The molecule has 1 aliphatic rings. The number of carbonyl (C=O) groups excluding carboxylic acids is 2. The lowest BCUT2D eigenvalue weighted by atomic mass is 10.3. The van der Waals surface area contributed by atoms with Gasteiger partial charge in [0.1, 0.15) is 6.61 Å². The highest BCUT2D eigenvalue weighted by Gasteiger charge is 2.23. The third kappa shape index (κ3) is 4.79. The Morgan fingerprint density at radius 1 is 1.20 bits per heavy atom. The molecule has 0 aromatic carbocycles. The molecule has 1 heterocycles. The molecule has 0 N–H and O–H groups in total. The van der Waals surface area contributed by atoms with Crippen molar-refractivity contribution in [2.45, 2.75) is 13.8 Å². The zero-order valence-corrected chi connectivity index (χ0v) is 12.2. The van der Waals surface area contributed by atoms with E-state index in [4.69, 9.17) is 9.47 Å². The molecule has 20 heavy (non-hydrogen) atoms. The Kier molecular flexibility index (Phi) is 6.41. The molecule has 0 saturated carbocycles. The SMILES string of the molecule is C=C(C)C(=O)OCCN(C(=O)C(=C)C)N1CCOCC1. The third-order valence-electron chi connectivity index (χ3n) is 2.81. The molecule has 6 nitrogen and oxygen atoms in total. The molecule has 1 saturated heterocycles. The third-order valence-corrected chi connectivity index (χ3v) is 2.81. The minimum absolute atomic E-state index is 0.127. The van der Waals surface area contributed by atoms with Gasteiger partial charge in [0, 0.05) is 24.2 Å². The second-order valence-corrected chi connectivity index (χ2v) is 4.69. The Morgan fingerprint density at radius 3 is 2.30 bits per heavy atom. The van der Waals surface area contributed by atoms with Crippen LogP contribution in [-0.2, 0) is 19.1 Å². The largest absolute Gasteiger partial charge is 0.460 e. The van der Waals surface area contributed by atoms with E-state index in [-0.39, 0.29) is 12.5 Å². The quantitative estimate of drug-likeness (QED) is 0.532. The van der Waals surface area contributed by atoms with Crippen LogP contribution in [0.5, 0.6) is 0 Å². The molecule has 1 amide bonds. The molecule has 1 fully saturated rings. The summed E-state index contributed by atoms with van der Waals surface area (Å²) < 4.78 is 10.3. The molecule has 1 aliphatic heterocycles. The number of esters is 1. The van der Waals surface area contributed by atoms with Gasteiger partial charge in [0.05, 0.1) is 19.8 Å². The second kappa shape index (κ2) is 7.81. The first-order valence-corrected chi connectivity index (χ1v) is 6.56. The van der Waals surface area contributed by atoms with Crippen molar-refractivity contribution in [3.63, 3.8) is 0 Å². The standard InChI is InChI=1S/C14H22N2O4/c1-11(2)13(17)16(15-5-8-19-9-6-15)7-10-20-14(18)12(3)4/h1,3,5-10H2,2,4H3. The van der Waals surface area contributed by atoms with E-state index in [1.54, 1.807) is 18.9 Å². The fourth-order valence-corrected chi connectivity index (χ4v) is 1.73. The molecular formula is C14H22N2O4. The predicted molar refractivity (Wildman–Crippen MR) is 74.7 cm³/mol. The van der Waals surface area contributed by atoms with Gasteiger partial charge in [-0.3, -0.25) is 9.80 Å². The van der Waals surface area contributed by atoms with E-state index in [1.807, 2.05) is 5.01 Å². The first-order chi connectivity index (χ1) is 9.43. The minimum Gasteiger partial charge on any atom is -0.460 e. The molecule has 112 valence electrons. The van der Waals surface area contributed by atoms with Gasteiger partial charge < -0.3 is 9.47 Å². The summed E-state index contributed by atoms with van der Waals surface area (Å²) in [5, 5.41) is 3.46. The summed E-state index contributed by atoms with van der Waals surface area (Å²) in [7, 11) is 0. The van der Waals surface area contributed by atoms with Crippen LogP contribution in [0.25, 0.3) is 0 Å². The Bertz CT molecular complexity index is 400. The zero-order valence-electron chi connectivity index (χ0n) is 12.2. The van der Waals surface area contributed by atoms with E-state index in [0.717, 1.165) is 0 Å². The maximum Gasteiger partial charge on any atom is 0.333 e. The number of hydrazine groups is 1. The summed E-state index contributed by atoms with van der Waals surface area (Å²) in [5.74, 6) is -0.618. The second-order valence-electron chi connectivity index (χ2n) is 4.69. The Morgan fingerprint density at radius 2 is 1.80 bits per heavy atom. The maximum atomic E-state index is 12.1. The number of morpholine rings is 1. The van der Waals surface area contributed by atoms with Crippen LogP contribution in [0.3, 0.4) is 0 Å². The molecule has 6 heteroatoms. The topological polar surface area (TPSA) is 59.1 Å². The Hall–Kier alpha value is -1.66. The van der Waals surface area contributed by atoms with Crippen LogP contribution < -0.4 is 0 Å². The molecule has 0 atom stereocenters. The fourth-order valence-electron chi connectivity index (χ4n) is 1.73. The van der Waals surface area contributed by atoms with Crippen LogP contribution in [0.2, 0.25) is 0 Å². The van der Waals surface area contributed by atoms with Crippen LogP contribution in [0, 0.1) is 0 Å². The number of rotatable bonds is 6. The van der Waals surface area contributed by atoms with Gasteiger partial charge in [-0.1, -0.05) is 13.2 Å². The molecule has 1 rings (SSSR count). The van der Waals surface area contributed by atoms with Gasteiger partial charge in [-0.2, -0.15) is 0 Å². The highest BCUT2D eigenvalue weighted by atomic mass is 16.5. The van der Waals surface area contributed by atoms with Gasteiger partial charge in [0.25, 0.3) is 5.91 Å². The lowest BCUT2D eigenvalue weighted by Gasteiger charge is -2.37. The van der Waals surface area contributed by atoms with Crippen molar-refractivity contribution >= 4 is 11.9 Å². The van der Waals surface area contributed by atoms with Crippen molar-refractivity contribution in [3.05, 3.63) is 24.3 Å². The summed E-state index contributed by atoms with van der Waals surface area (Å²) in [5.41, 5.74) is 0.789. The highest BCUT2D eigenvalue weighted by Crippen LogP contribution is 2.07. The lowest BCUT2D eigenvalue weighted by Crippen LogP contribution is -2.52. The summed E-state index contributed by atoms with van der Waals surface area (Å²) in [6.07, 6.45) is 0.